The molecular weight excluding hydrogens is 475 g/mol. The van der Waals surface area contributed by atoms with Crippen LogP contribution in [0, 0.1) is 5.82 Å². The lowest BCUT2D eigenvalue weighted by Crippen LogP contribution is -2.43. The number of aromatic nitrogens is 2. The number of nitrogens with zero attached hydrogens (tertiary/aromatic N) is 2. The Hall–Kier alpha value is -3.59. The Morgan fingerprint density at radius 3 is 2.54 bits per heavy atom. The van der Waals surface area contributed by atoms with Crippen LogP contribution in [0.15, 0.2) is 42.5 Å². The molecule has 1 aliphatic heterocycles. The van der Waals surface area contributed by atoms with Crippen LogP contribution >= 0.6 is 0 Å². The first-order valence-electron chi connectivity index (χ1n) is 12.7. The minimum absolute atomic E-state index is 0.209. The van der Waals surface area contributed by atoms with E-state index in [-0.39, 0.29) is 24.4 Å². The number of aromatic amines is 1. The van der Waals surface area contributed by atoms with Crippen molar-refractivity contribution in [3.8, 4) is 11.5 Å². The van der Waals surface area contributed by atoms with E-state index in [9.17, 15) is 9.18 Å². The van der Waals surface area contributed by atoms with Gasteiger partial charge in [-0.1, -0.05) is 18.2 Å². The van der Waals surface area contributed by atoms with E-state index in [1.807, 2.05) is 36.9 Å². The normalized spacial score (nSPS) is 16.0. The molecule has 2 N–H and O–H groups in total. The smallest absolute Gasteiger partial charge is 0.272 e. The molecule has 1 aromatic heterocycles. The zero-order valence-electron chi connectivity index (χ0n) is 21.5. The molecule has 9 heteroatoms. The molecule has 2 aromatic carbocycles. The molecule has 0 saturated heterocycles. The number of amides is 1. The van der Waals surface area contributed by atoms with Crippen molar-refractivity contribution in [2.75, 3.05) is 18.7 Å². The number of imidazole rings is 1. The van der Waals surface area contributed by atoms with Gasteiger partial charge in [0.2, 0.25) is 0 Å². The van der Waals surface area contributed by atoms with Gasteiger partial charge in [0.1, 0.15) is 22.9 Å². The van der Waals surface area contributed by atoms with E-state index in [2.05, 4.69) is 10.3 Å². The summed E-state index contributed by atoms with van der Waals surface area (Å²) in [5.41, 5.74) is 1.46. The fourth-order valence-electron chi connectivity index (χ4n) is 4.73. The van der Waals surface area contributed by atoms with E-state index in [4.69, 9.17) is 19.2 Å². The minimum atomic E-state index is -0.805. The lowest BCUT2D eigenvalue weighted by molar-refractivity contribution is -0.0394. The van der Waals surface area contributed by atoms with Gasteiger partial charge < -0.3 is 29.4 Å². The van der Waals surface area contributed by atoms with Crippen molar-refractivity contribution in [1.29, 1.82) is 0 Å². The first-order chi connectivity index (χ1) is 17.8. The maximum atomic E-state index is 13.2. The maximum Gasteiger partial charge on any atom is 0.272 e. The zero-order valence-corrected chi connectivity index (χ0v) is 21.5. The minimum Gasteiger partial charge on any atom is -0.493 e. The number of methoxy groups -OCH3 is 1. The monoisotopic (exact) mass is 508 g/mol. The van der Waals surface area contributed by atoms with Crippen LogP contribution in [0.1, 0.15) is 67.0 Å². The summed E-state index contributed by atoms with van der Waals surface area (Å²) in [4.78, 5) is 22.6. The number of hydrogen-bond acceptors (Lipinski definition) is 6. The molecule has 196 valence electrons. The summed E-state index contributed by atoms with van der Waals surface area (Å²) >= 11 is 0. The molecule has 2 heterocycles. The van der Waals surface area contributed by atoms with E-state index in [1.54, 1.807) is 19.2 Å². The van der Waals surface area contributed by atoms with Gasteiger partial charge in [-0.15, -0.1) is 0 Å². The van der Waals surface area contributed by atoms with Crippen LogP contribution in [0.5, 0.6) is 11.5 Å². The quantitative estimate of drug-likeness (QED) is 0.421. The van der Waals surface area contributed by atoms with Gasteiger partial charge in [-0.3, -0.25) is 4.79 Å². The van der Waals surface area contributed by atoms with Gasteiger partial charge >= 0.3 is 0 Å². The van der Waals surface area contributed by atoms with Gasteiger partial charge in [0.15, 0.2) is 17.3 Å². The highest BCUT2D eigenvalue weighted by Gasteiger charge is 2.33. The third-order valence-corrected chi connectivity index (χ3v) is 6.92. The number of rotatable bonds is 9. The van der Waals surface area contributed by atoms with Crippen molar-refractivity contribution < 1.29 is 23.4 Å². The largest absolute Gasteiger partial charge is 0.493 e. The molecule has 0 atom stereocenters. The van der Waals surface area contributed by atoms with E-state index >= 15 is 0 Å². The molecule has 5 rings (SSSR count). The first kappa shape index (κ1) is 25.1. The van der Waals surface area contributed by atoms with Gasteiger partial charge in [-0.2, -0.15) is 0 Å². The summed E-state index contributed by atoms with van der Waals surface area (Å²) in [7, 11) is 1.65. The fraction of sp³-hybridized carbons (Fsp3) is 0.429. The Balaban J connectivity index is 1.34. The number of H-pyrrole nitrogens is 1. The molecule has 1 amide bonds. The second kappa shape index (κ2) is 10.4. The number of anilines is 1. The Bertz CT molecular complexity index is 1250. The zero-order chi connectivity index (χ0) is 26.0. The summed E-state index contributed by atoms with van der Waals surface area (Å²) < 4.78 is 31.1. The average molecular weight is 509 g/mol. The topological polar surface area (TPSA) is 88.7 Å². The molecule has 3 aromatic rings. The summed E-state index contributed by atoms with van der Waals surface area (Å²) in [5, 5.41) is 2.92. The molecule has 0 radical (unpaired) electrons. The van der Waals surface area contributed by atoms with Gasteiger partial charge in [-0.25, -0.2) is 9.37 Å². The van der Waals surface area contributed by atoms with E-state index in [0.717, 1.165) is 29.7 Å². The lowest BCUT2D eigenvalue weighted by atomic mass is 10.1. The highest BCUT2D eigenvalue weighted by atomic mass is 19.1. The number of halogens is 1. The van der Waals surface area contributed by atoms with Crippen molar-refractivity contribution in [2.45, 2.75) is 64.4 Å². The van der Waals surface area contributed by atoms with E-state index < -0.39 is 5.60 Å². The molecule has 0 bridgehead atoms. The van der Waals surface area contributed by atoms with Crippen LogP contribution < -0.4 is 19.7 Å². The SMILES string of the molecule is COc1ccc(CN2CNC(=O)c3[nH]c(C(C)(C)OCc4ccc(F)cc4)nc32)cc1OC1CCCC1. The van der Waals surface area contributed by atoms with Crippen molar-refractivity contribution in [3.63, 3.8) is 0 Å². The molecule has 8 nitrogen and oxygen atoms in total. The van der Waals surface area contributed by atoms with Crippen LogP contribution in [0.2, 0.25) is 0 Å². The van der Waals surface area contributed by atoms with E-state index in [1.165, 1.54) is 25.0 Å². The van der Waals surface area contributed by atoms with Crippen LogP contribution in [-0.4, -0.2) is 35.8 Å². The molecule has 0 spiro atoms. The predicted octanol–water partition coefficient (Wildman–Crippen LogP) is 5.04. The number of nitrogens with one attached hydrogen (secondary N) is 2. The maximum absolute atomic E-state index is 13.2. The van der Waals surface area contributed by atoms with Crippen LogP contribution in [0.4, 0.5) is 10.2 Å². The number of benzene rings is 2. The van der Waals surface area contributed by atoms with Crippen LogP contribution in [-0.2, 0) is 23.5 Å². The van der Waals surface area contributed by atoms with E-state index in [0.29, 0.717) is 36.3 Å². The number of carbonyl (C=O) groups excluding carboxylic acids is 1. The number of ether oxygens (including phenoxy) is 3. The predicted molar refractivity (Wildman–Crippen MR) is 137 cm³/mol. The number of carbonyl (C=O) groups is 1. The third kappa shape index (κ3) is 5.56. The highest BCUT2D eigenvalue weighted by Crippen LogP contribution is 2.34. The van der Waals surface area contributed by atoms with Gasteiger partial charge in [0.05, 0.1) is 26.5 Å². The third-order valence-electron chi connectivity index (χ3n) is 6.92. The summed E-state index contributed by atoms with van der Waals surface area (Å²) in [5.74, 6) is 2.07. The molecule has 37 heavy (non-hydrogen) atoms. The second-order valence-corrected chi connectivity index (χ2v) is 10.1. The van der Waals surface area contributed by atoms with Crippen molar-refractivity contribution in [1.82, 2.24) is 15.3 Å². The molecule has 2 aliphatic rings. The fourth-order valence-corrected chi connectivity index (χ4v) is 4.73. The van der Waals surface area contributed by atoms with Crippen LogP contribution in [0.25, 0.3) is 0 Å². The Morgan fingerprint density at radius 1 is 1.08 bits per heavy atom. The summed E-state index contributed by atoms with van der Waals surface area (Å²) in [6.45, 7) is 4.92. The first-order valence-corrected chi connectivity index (χ1v) is 12.7. The molecular formula is C28H33FN4O4. The van der Waals surface area contributed by atoms with Crippen molar-refractivity contribution >= 4 is 11.7 Å². The Labute approximate surface area is 216 Å². The van der Waals surface area contributed by atoms with Crippen LogP contribution in [0.3, 0.4) is 0 Å². The summed E-state index contributed by atoms with van der Waals surface area (Å²) in [6.07, 6.45) is 4.72. The molecule has 1 aliphatic carbocycles. The molecule has 1 saturated carbocycles. The highest BCUT2D eigenvalue weighted by molar-refractivity contribution is 5.99. The molecule has 1 fully saturated rings. The number of hydrogen-bond donors (Lipinski definition) is 2. The van der Waals surface area contributed by atoms with Crippen molar-refractivity contribution in [3.05, 3.63) is 70.9 Å². The number of fused-ring (bicyclic) bond motifs is 1. The average Bonchev–Trinajstić information content (AvgIpc) is 3.57. The second-order valence-electron chi connectivity index (χ2n) is 10.1. The molecule has 0 unspecified atom stereocenters. The van der Waals surface area contributed by atoms with Crippen molar-refractivity contribution in [2.24, 2.45) is 0 Å². The Kier molecular flexibility index (Phi) is 7.06. The van der Waals surface area contributed by atoms with Gasteiger partial charge in [0.25, 0.3) is 5.91 Å². The van der Waals surface area contributed by atoms with Gasteiger partial charge in [0, 0.05) is 6.54 Å². The Morgan fingerprint density at radius 2 is 1.81 bits per heavy atom. The lowest BCUT2D eigenvalue weighted by Gasteiger charge is -2.28. The summed E-state index contributed by atoms with van der Waals surface area (Å²) in [6, 6.07) is 12.1. The van der Waals surface area contributed by atoms with Gasteiger partial charge in [-0.05, 0) is 74.9 Å². The standard InChI is InChI=1S/C28H33FN4O4/c1-28(2,36-16-18-8-11-20(29)12-9-18)27-31-24-25(32-27)33(17-30-26(24)34)15-19-10-13-22(35-3)23(14-19)37-21-6-4-5-7-21/h8-14,21H,4-7,15-17H2,1-3H3,(H,30,34)(H,31,32).